The first-order chi connectivity index (χ1) is 6.83. The van der Waals surface area contributed by atoms with Gasteiger partial charge in [0, 0.05) is 0 Å². The van der Waals surface area contributed by atoms with E-state index >= 15 is 0 Å². The lowest BCUT2D eigenvalue weighted by Crippen LogP contribution is -1.96. The molecule has 1 aromatic rings. The first-order valence-corrected chi connectivity index (χ1v) is 4.36. The number of benzene rings is 1. The van der Waals surface area contributed by atoms with Gasteiger partial charge in [-0.05, 0) is 17.7 Å². The molecule has 0 bridgehead atoms. The van der Waals surface area contributed by atoms with E-state index in [-0.39, 0.29) is 12.4 Å². The number of esters is 1. The molecule has 0 unspecified atom stereocenters. The Balaban J connectivity index is 2.52. The number of hydrogen-bond donors (Lipinski definition) is 0. The van der Waals surface area contributed by atoms with Crippen molar-refractivity contribution in [1.82, 2.24) is 0 Å². The summed E-state index contributed by atoms with van der Waals surface area (Å²) in [6, 6.07) is 9.80. The number of ether oxygens (including phenoxy) is 1. The maximum absolute atomic E-state index is 10.7. The SMILES string of the molecule is COC(=O)CC=C=Cc1ccccc1. The Morgan fingerprint density at radius 3 is 2.79 bits per heavy atom. The molecule has 2 nitrogen and oxygen atoms in total. The second-order valence-corrected chi connectivity index (χ2v) is 2.71. The highest BCUT2D eigenvalue weighted by molar-refractivity contribution is 5.71. The van der Waals surface area contributed by atoms with Crippen LogP contribution in [0, 0.1) is 0 Å². The summed E-state index contributed by atoms with van der Waals surface area (Å²) < 4.78 is 4.48. The van der Waals surface area contributed by atoms with E-state index in [0.717, 1.165) is 5.56 Å². The van der Waals surface area contributed by atoms with Gasteiger partial charge in [0.2, 0.25) is 0 Å². The zero-order valence-electron chi connectivity index (χ0n) is 8.07. The lowest BCUT2D eigenvalue weighted by Gasteiger charge is -1.89. The van der Waals surface area contributed by atoms with Gasteiger partial charge in [0.05, 0.1) is 13.5 Å². The second-order valence-electron chi connectivity index (χ2n) is 2.71. The minimum absolute atomic E-state index is 0.251. The maximum Gasteiger partial charge on any atom is 0.309 e. The van der Waals surface area contributed by atoms with Crippen molar-refractivity contribution in [1.29, 1.82) is 0 Å². The van der Waals surface area contributed by atoms with Gasteiger partial charge in [-0.25, -0.2) is 0 Å². The quantitative estimate of drug-likeness (QED) is 0.538. The summed E-state index contributed by atoms with van der Waals surface area (Å²) in [6.07, 6.45) is 3.74. The Morgan fingerprint density at radius 1 is 1.43 bits per heavy atom. The van der Waals surface area contributed by atoms with Gasteiger partial charge < -0.3 is 4.74 Å². The van der Waals surface area contributed by atoms with Crippen molar-refractivity contribution < 1.29 is 9.53 Å². The van der Waals surface area contributed by atoms with Crippen molar-refractivity contribution in [2.24, 2.45) is 0 Å². The van der Waals surface area contributed by atoms with Crippen LogP contribution in [0.15, 0.2) is 42.1 Å². The van der Waals surface area contributed by atoms with Gasteiger partial charge in [-0.2, -0.15) is 0 Å². The van der Waals surface area contributed by atoms with E-state index in [2.05, 4.69) is 10.5 Å². The molecule has 0 atom stereocenters. The highest BCUT2D eigenvalue weighted by atomic mass is 16.5. The van der Waals surface area contributed by atoms with Crippen LogP contribution in [0.4, 0.5) is 0 Å². The zero-order chi connectivity index (χ0) is 10.2. The molecule has 0 aromatic heterocycles. The Bertz CT molecular complexity index is 346. The van der Waals surface area contributed by atoms with Gasteiger partial charge in [-0.3, -0.25) is 4.79 Å². The molecule has 2 heteroatoms. The first kappa shape index (κ1) is 10.3. The second kappa shape index (κ2) is 5.79. The van der Waals surface area contributed by atoms with Crippen LogP contribution >= 0.6 is 0 Å². The average Bonchev–Trinajstić information content (AvgIpc) is 2.25. The molecule has 1 rings (SSSR count). The molecule has 0 aliphatic carbocycles. The Labute approximate surface area is 83.5 Å². The number of methoxy groups -OCH3 is 1. The first-order valence-electron chi connectivity index (χ1n) is 4.36. The summed E-state index contributed by atoms with van der Waals surface area (Å²) >= 11 is 0. The van der Waals surface area contributed by atoms with E-state index in [4.69, 9.17) is 0 Å². The number of carbonyl (C=O) groups is 1. The normalized spacial score (nSPS) is 8.64. The van der Waals surface area contributed by atoms with Crippen LogP contribution in [0.1, 0.15) is 12.0 Å². The summed E-state index contributed by atoms with van der Waals surface area (Å²) in [4.78, 5) is 10.7. The van der Waals surface area contributed by atoms with Gasteiger partial charge in [0.15, 0.2) is 0 Å². The zero-order valence-corrected chi connectivity index (χ0v) is 8.07. The van der Waals surface area contributed by atoms with Crippen LogP contribution in [0.5, 0.6) is 0 Å². The third-order valence-corrected chi connectivity index (χ3v) is 1.66. The third kappa shape index (κ3) is 3.74. The van der Waals surface area contributed by atoms with Gasteiger partial charge in [0.1, 0.15) is 0 Å². The van der Waals surface area contributed by atoms with Crippen molar-refractivity contribution in [3.8, 4) is 0 Å². The number of carbonyl (C=O) groups excluding carboxylic acids is 1. The van der Waals surface area contributed by atoms with Gasteiger partial charge in [-0.1, -0.05) is 30.3 Å². The summed E-state index contributed by atoms with van der Waals surface area (Å²) in [5.74, 6) is -0.251. The monoisotopic (exact) mass is 188 g/mol. The van der Waals surface area contributed by atoms with Crippen molar-refractivity contribution in [2.45, 2.75) is 6.42 Å². The summed E-state index contributed by atoms with van der Waals surface area (Å²) in [7, 11) is 1.37. The summed E-state index contributed by atoms with van der Waals surface area (Å²) in [5, 5.41) is 0. The van der Waals surface area contributed by atoms with E-state index < -0.39 is 0 Å². The fourth-order valence-electron chi connectivity index (χ4n) is 0.930. The van der Waals surface area contributed by atoms with Crippen LogP contribution in [0.2, 0.25) is 0 Å². The average molecular weight is 188 g/mol. The van der Waals surface area contributed by atoms with Crippen molar-refractivity contribution >= 4 is 12.0 Å². The molecule has 72 valence electrons. The number of hydrogen-bond acceptors (Lipinski definition) is 2. The van der Waals surface area contributed by atoms with E-state index in [1.165, 1.54) is 7.11 Å². The van der Waals surface area contributed by atoms with Crippen LogP contribution in [0.25, 0.3) is 6.08 Å². The molecule has 0 aliphatic rings. The summed E-state index contributed by atoms with van der Waals surface area (Å²) in [5.41, 5.74) is 3.98. The molecule has 0 radical (unpaired) electrons. The van der Waals surface area contributed by atoms with E-state index in [1.807, 2.05) is 36.4 Å². The van der Waals surface area contributed by atoms with Crippen LogP contribution in [0.3, 0.4) is 0 Å². The molecule has 0 heterocycles. The minimum Gasteiger partial charge on any atom is -0.469 e. The lowest BCUT2D eigenvalue weighted by molar-refractivity contribution is -0.139. The molecule has 0 aliphatic heterocycles. The maximum atomic E-state index is 10.7. The van der Waals surface area contributed by atoms with Gasteiger partial charge in [-0.15, -0.1) is 5.73 Å². The Hall–Kier alpha value is -1.79. The third-order valence-electron chi connectivity index (χ3n) is 1.66. The van der Waals surface area contributed by atoms with Gasteiger partial charge >= 0.3 is 5.97 Å². The molecule has 0 amide bonds. The van der Waals surface area contributed by atoms with Crippen molar-refractivity contribution in [2.75, 3.05) is 7.11 Å². The molecule has 0 N–H and O–H groups in total. The highest BCUT2D eigenvalue weighted by Gasteiger charge is 1.91. The van der Waals surface area contributed by atoms with Crippen LogP contribution < -0.4 is 0 Å². The van der Waals surface area contributed by atoms with E-state index in [1.54, 1.807) is 6.08 Å². The molecule has 0 spiro atoms. The van der Waals surface area contributed by atoms with Crippen LogP contribution in [-0.2, 0) is 9.53 Å². The molecular formula is C12H12O2. The Kier molecular flexibility index (Phi) is 4.25. The minimum atomic E-state index is -0.251. The lowest BCUT2D eigenvalue weighted by atomic mass is 10.2. The molecule has 14 heavy (non-hydrogen) atoms. The largest absolute Gasteiger partial charge is 0.469 e. The Morgan fingerprint density at radius 2 is 2.14 bits per heavy atom. The number of rotatable bonds is 3. The standard InChI is InChI=1S/C12H12O2/c1-14-12(13)10-6-5-9-11-7-3-2-4-8-11/h2-4,6-9H,10H2,1H3. The van der Waals surface area contributed by atoms with Crippen molar-refractivity contribution in [3.63, 3.8) is 0 Å². The molecule has 0 fully saturated rings. The molecule has 1 aromatic carbocycles. The van der Waals surface area contributed by atoms with E-state index in [0.29, 0.717) is 0 Å². The molecule has 0 saturated carbocycles. The summed E-state index contributed by atoms with van der Waals surface area (Å²) in [6.45, 7) is 0. The predicted molar refractivity (Wildman–Crippen MR) is 55.6 cm³/mol. The molecule has 0 saturated heterocycles. The fourth-order valence-corrected chi connectivity index (χ4v) is 0.930. The fraction of sp³-hybridized carbons (Fsp3) is 0.167. The van der Waals surface area contributed by atoms with Crippen LogP contribution in [-0.4, -0.2) is 13.1 Å². The topological polar surface area (TPSA) is 26.3 Å². The molecular weight excluding hydrogens is 176 g/mol. The van der Waals surface area contributed by atoms with Gasteiger partial charge in [0.25, 0.3) is 0 Å². The van der Waals surface area contributed by atoms with Crippen molar-refractivity contribution in [3.05, 3.63) is 47.7 Å². The highest BCUT2D eigenvalue weighted by Crippen LogP contribution is 1.99. The predicted octanol–water partition coefficient (Wildman–Crippen LogP) is 2.42. The van der Waals surface area contributed by atoms with E-state index in [9.17, 15) is 4.79 Å². The smallest absolute Gasteiger partial charge is 0.309 e.